The minimum Gasteiger partial charge on any atom is -0.384 e. The molecule has 0 atom stereocenters. The number of nitrogens with zero attached hydrogens (tertiary/aromatic N) is 5. The summed E-state index contributed by atoms with van der Waals surface area (Å²) in [5.41, 5.74) is 10.7. The van der Waals surface area contributed by atoms with Gasteiger partial charge in [0.15, 0.2) is 5.69 Å². The number of nitrogen functional groups attached to an aromatic ring is 1. The second kappa shape index (κ2) is 9.09. The monoisotopic (exact) mass is 439 g/mol. The van der Waals surface area contributed by atoms with E-state index in [-0.39, 0.29) is 23.7 Å². The topological polar surface area (TPSA) is 123 Å². The highest BCUT2D eigenvalue weighted by molar-refractivity contribution is 5.95. The summed E-state index contributed by atoms with van der Waals surface area (Å²) in [4.78, 5) is 21.5. The van der Waals surface area contributed by atoms with Crippen LogP contribution in [-0.2, 0) is 13.1 Å². The van der Waals surface area contributed by atoms with Crippen LogP contribution in [0.5, 0.6) is 0 Å². The van der Waals surface area contributed by atoms with E-state index in [4.69, 9.17) is 5.73 Å². The Labute approximate surface area is 192 Å². The number of carbonyl (C=O) groups is 1. The van der Waals surface area contributed by atoms with Crippen LogP contribution in [0.1, 0.15) is 58.2 Å². The average Bonchev–Trinajstić information content (AvgIpc) is 3.20. The van der Waals surface area contributed by atoms with Gasteiger partial charge in [-0.25, -0.2) is 4.98 Å². The number of aryl methyl sites for hydroxylation is 1. The SMILES string of the molecule is Cc1nc(N)ccc1CNC(=O)c1cn(Cc2ccc3ncc(C(C)C)cc3c2)nc1C#N. The highest BCUT2D eigenvalue weighted by Crippen LogP contribution is 2.21. The maximum absolute atomic E-state index is 12.7. The smallest absolute Gasteiger partial charge is 0.256 e. The number of hydrogen-bond acceptors (Lipinski definition) is 6. The van der Waals surface area contributed by atoms with Crippen molar-refractivity contribution in [2.75, 3.05) is 5.73 Å². The number of anilines is 1. The van der Waals surface area contributed by atoms with Crippen molar-refractivity contribution in [2.24, 2.45) is 0 Å². The van der Waals surface area contributed by atoms with Crippen LogP contribution in [0, 0.1) is 18.3 Å². The van der Waals surface area contributed by atoms with Crippen molar-refractivity contribution >= 4 is 22.6 Å². The van der Waals surface area contributed by atoms with E-state index in [1.807, 2.05) is 37.4 Å². The number of fused-ring (bicyclic) bond motifs is 1. The van der Waals surface area contributed by atoms with Gasteiger partial charge in [-0.3, -0.25) is 14.5 Å². The molecule has 1 amide bonds. The molecule has 4 rings (SSSR count). The standard InChI is InChI=1S/C25H25N7O/c1-15(2)20-9-19-8-17(4-6-22(19)28-12-20)13-32-14-21(23(10-26)31-32)25(33)29-11-18-5-7-24(27)30-16(18)3/h4-9,12,14-15H,11,13H2,1-3H3,(H2,27,30)(H,29,33). The fraction of sp³-hybridized carbons (Fsp3) is 0.240. The molecule has 3 heterocycles. The number of amides is 1. The second-order valence-electron chi connectivity index (χ2n) is 8.31. The number of benzene rings is 1. The summed E-state index contributed by atoms with van der Waals surface area (Å²) in [7, 11) is 0. The lowest BCUT2D eigenvalue weighted by molar-refractivity contribution is 0.0950. The van der Waals surface area contributed by atoms with Crippen LogP contribution in [0.15, 0.2) is 48.8 Å². The number of nitrogens with two attached hydrogens (primary N) is 1. The molecule has 8 nitrogen and oxygen atoms in total. The number of hydrogen-bond donors (Lipinski definition) is 2. The van der Waals surface area contributed by atoms with Crippen LogP contribution in [0.3, 0.4) is 0 Å². The lowest BCUT2D eigenvalue weighted by Gasteiger charge is -2.08. The third-order valence-electron chi connectivity index (χ3n) is 5.55. The van der Waals surface area contributed by atoms with Gasteiger partial charge in [-0.05, 0) is 53.8 Å². The van der Waals surface area contributed by atoms with Gasteiger partial charge in [0, 0.05) is 30.0 Å². The molecule has 4 aromatic rings. The summed E-state index contributed by atoms with van der Waals surface area (Å²) >= 11 is 0. The Bertz CT molecular complexity index is 1380. The van der Waals surface area contributed by atoms with E-state index in [1.165, 1.54) is 5.56 Å². The fourth-order valence-corrected chi connectivity index (χ4v) is 3.62. The zero-order valence-corrected chi connectivity index (χ0v) is 18.8. The first-order valence-electron chi connectivity index (χ1n) is 10.7. The number of aromatic nitrogens is 4. The summed E-state index contributed by atoms with van der Waals surface area (Å²) in [5, 5.41) is 17.7. The highest BCUT2D eigenvalue weighted by Gasteiger charge is 2.17. The molecule has 0 aliphatic rings. The first kappa shape index (κ1) is 22.0. The van der Waals surface area contributed by atoms with Crippen molar-refractivity contribution in [2.45, 2.75) is 39.8 Å². The summed E-state index contributed by atoms with van der Waals surface area (Å²) in [5.74, 6) is 0.461. The molecule has 0 spiro atoms. The number of pyridine rings is 2. The van der Waals surface area contributed by atoms with E-state index in [2.05, 4.69) is 46.4 Å². The Morgan fingerprint density at radius 1 is 1.24 bits per heavy atom. The summed E-state index contributed by atoms with van der Waals surface area (Å²) < 4.78 is 1.62. The molecule has 0 fully saturated rings. The van der Waals surface area contributed by atoms with Crippen molar-refractivity contribution in [3.05, 3.63) is 82.4 Å². The van der Waals surface area contributed by atoms with Gasteiger partial charge in [0.05, 0.1) is 17.6 Å². The Hall–Kier alpha value is -4.25. The number of nitriles is 1. The van der Waals surface area contributed by atoms with Gasteiger partial charge < -0.3 is 11.1 Å². The highest BCUT2D eigenvalue weighted by atomic mass is 16.1. The van der Waals surface area contributed by atoms with E-state index in [0.717, 1.165) is 27.7 Å². The van der Waals surface area contributed by atoms with E-state index in [9.17, 15) is 10.1 Å². The van der Waals surface area contributed by atoms with Gasteiger partial charge in [0.1, 0.15) is 11.9 Å². The molecule has 0 radical (unpaired) electrons. The van der Waals surface area contributed by atoms with Crippen LogP contribution in [-0.4, -0.2) is 25.7 Å². The third-order valence-corrected chi connectivity index (χ3v) is 5.55. The number of nitrogens with one attached hydrogen (secondary N) is 1. The maximum Gasteiger partial charge on any atom is 0.256 e. The predicted molar refractivity (Wildman–Crippen MR) is 126 cm³/mol. The molecule has 0 saturated heterocycles. The summed E-state index contributed by atoms with van der Waals surface area (Å²) in [6.07, 6.45) is 3.52. The Balaban J connectivity index is 1.52. The zero-order valence-electron chi connectivity index (χ0n) is 18.8. The molecule has 0 saturated carbocycles. The van der Waals surface area contributed by atoms with E-state index in [1.54, 1.807) is 16.9 Å². The third kappa shape index (κ3) is 4.83. The molecule has 166 valence electrons. The molecule has 0 aliphatic carbocycles. The molecule has 8 heteroatoms. The molecule has 3 N–H and O–H groups in total. The van der Waals surface area contributed by atoms with Gasteiger partial charge in [-0.15, -0.1) is 0 Å². The molecule has 3 aromatic heterocycles. The minimum atomic E-state index is -0.363. The molecule has 0 aliphatic heterocycles. The first-order valence-corrected chi connectivity index (χ1v) is 10.7. The van der Waals surface area contributed by atoms with Crippen LogP contribution in [0.4, 0.5) is 5.82 Å². The van der Waals surface area contributed by atoms with Gasteiger partial charge in [0.2, 0.25) is 0 Å². The van der Waals surface area contributed by atoms with E-state index < -0.39 is 0 Å². The lowest BCUT2D eigenvalue weighted by atomic mass is 10.0. The quantitative estimate of drug-likeness (QED) is 0.472. The van der Waals surface area contributed by atoms with E-state index in [0.29, 0.717) is 18.3 Å². The van der Waals surface area contributed by atoms with Gasteiger partial charge >= 0.3 is 0 Å². The normalized spacial score (nSPS) is 11.0. The predicted octanol–water partition coefficient (Wildman–Crippen LogP) is 3.69. The van der Waals surface area contributed by atoms with Gasteiger partial charge in [-0.2, -0.15) is 10.4 Å². The Morgan fingerprint density at radius 3 is 2.79 bits per heavy atom. The van der Waals surface area contributed by atoms with Crippen LogP contribution in [0.2, 0.25) is 0 Å². The van der Waals surface area contributed by atoms with Crippen LogP contribution < -0.4 is 11.1 Å². The van der Waals surface area contributed by atoms with Gasteiger partial charge in [0.25, 0.3) is 5.91 Å². The van der Waals surface area contributed by atoms with Gasteiger partial charge in [-0.1, -0.05) is 26.0 Å². The molecule has 0 unspecified atom stereocenters. The first-order chi connectivity index (χ1) is 15.8. The lowest BCUT2D eigenvalue weighted by Crippen LogP contribution is -2.23. The summed E-state index contributed by atoms with van der Waals surface area (Å²) in [6.45, 7) is 6.82. The molecular weight excluding hydrogens is 414 g/mol. The van der Waals surface area contributed by atoms with Crippen molar-refractivity contribution in [3.8, 4) is 6.07 Å². The maximum atomic E-state index is 12.7. The second-order valence-corrected chi connectivity index (χ2v) is 8.31. The van der Waals surface area contributed by atoms with Crippen LogP contribution >= 0.6 is 0 Å². The summed E-state index contributed by atoms with van der Waals surface area (Å²) in [6, 6.07) is 13.7. The van der Waals surface area contributed by atoms with Crippen molar-refractivity contribution in [1.82, 2.24) is 25.1 Å². The fourth-order valence-electron chi connectivity index (χ4n) is 3.62. The van der Waals surface area contributed by atoms with Crippen molar-refractivity contribution in [3.63, 3.8) is 0 Å². The van der Waals surface area contributed by atoms with Crippen molar-refractivity contribution in [1.29, 1.82) is 5.26 Å². The molecule has 0 bridgehead atoms. The minimum absolute atomic E-state index is 0.0872. The number of rotatable bonds is 6. The van der Waals surface area contributed by atoms with Crippen LogP contribution in [0.25, 0.3) is 10.9 Å². The number of carbonyl (C=O) groups excluding carboxylic acids is 1. The zero-order chi connectivity index (χ0) is 23.5. The Kier molecular flexibility index (Phi) is 6.05. The molecular formula is C25H25N7O. The molecule has 1 aromatic carbocycles. The van der Waals surface area contributed by atoms with Crippen molar-refractivity contribution < 1.29 is 4.79 Å². The molecule has 33 heavy (non-hydrogen) atoms. The Morgan fingerprint density at radius 2 is 2.06 bits per heavy atom. The largest absolute Gasteiger partial charge is 0.384 e. The average molecular weight is 440 g/mol. The van der Waals surface area contributed by atoms with E-state index >= 15 is 0 Å².